The van der Waals surface area contributed by atoms with Crippen LogP contribution in [0, 0.1) is 0 Å². The molecule has 21 heavy (non-hydrogen) atoms. The summed E-state index contributed by atoms with van der Waals surface area (Å²) in [6.07, 6.45) is 1.04. The van der Waals surface area contributed by atoms with Gasteiger partial charge in [-0.25, -0.2) is 4.98 Å². The first-order chi connectivity index (χ1) is 10.3. The van der Waals surface area contributed by atoms with Crippen molar-refractivity contribution in [3.8, 4) is 0 Å². The van der Waals surface area contributed by atoms with Crippen LogP contribution in [0.3, 0.4) is 0 Å². The molecule has 2 aromatic rings. The number of fused-ring (bicyclic) bond motifs is 1. The molecule has 0 radical (unpaired) electrons. The van der Waals surface area contributed by atoms with E-state index in [0.29, 0.717) is 19.8 Å². The summed E-state index contributed by atoms with van der Waals surface area (Å²) < 4.78 is 11.1. The van der Waals surface area contributed by atoms with Crippen LogP contribution in [-0.4, -0.2) is 31.3 Å². The van der Waals surface area contributed by atoms with Crippen LogP contribution in [0.5, 0.6) is 0 Å². The van der Waals surface area contributed by atoms with Crippen molar-refractivity contribution in [3.63, 3.8) is 0 Å². The van der Waals surface area contributed by atoms with Gasteiger partial charge >= 0.3 is 0 Å². The number of rotatable bonds is 9. The van der Waals surface area contributed by atoms with Gasteiger partial charge in [-0.2, -0.15) is 0 Å². The summed E-state index contributed by atoms with van der Waals surface area (Å²) >= 11 is 0. The summed E-state index contributed by atoms with van der Waals surface area (Å²) in [5.74, 6) is 0.908. The molecule has 0 spiro atoms. The van der Waals surface area contributed by atoms with Crippen LogP contribution in [0.2, 0.25) is 0 Å². The second-order valence-electron chi connectivity index (χ2n) is 4.88. The van der Waals surface area contributed by atoms with Crippen molar-refractivity contribution in [1.29, 1.82) is 0 Å². The Morgan fingerprint density at radius 3 is 2.67 bits per heavy atom. The summed E-state index contributed by atoms with van der Waals surface area (Å²) in [6.45, 7) is 7.62. The van der Waals surface area contributed by atoms with Gasteiger partial charge in [0.2, 0.25) is 0 Å². The first-order valence-corrected chi connectivity index (χ1v) is 7.63. The van der Waals surface area contributed by atoms with E-state index in [1.807, 2.05) is 18.2 Å². The molecule has 0 saturated carbocycles. The molecule has 0 atom stereocenters. The van der Waals surface area contributed by atoms with Crippen LogP contribution in [0.1, 0.15) is 25.8 Å². The van der Waals surface area contributed by atoms with Gasteiger partial charge in [0.15, 0.2) is 0 Å². The van der Waals surface area contributed by atoms with E-state index in [2.05, 4.69) is 36.3 Å². The highest BCUT2D eigenvalue weighted by atomic mass is 16.5. The van der Waals surface area contributed by atoms with Gasteiger partial charge < -0.3 is 14.8 Å². The molecule has 0 fully saturated rings. The van der Waals surface area contributed by atoms with Crippen molar-refractivity contribution in [3.05, 3.63) is 35.9 Å². The van der Waals surface area contributed by atoms with Crippen LogP contribution in [0.25, 0.3) is 10.9 Å². The van der Waals surface area contributed by atoms with Gasteiger partial charge in [0.25, 0.3) is 0 Å². The fourth-order valence-corrected chi connectivity index (χ4v) is 2.14. The third kappa shape index (κ3) is 4.69. The molecule has 0 aliphatic rings. The molecule has 0 bridgehead atoms. The number of anilines is 1. The smallest absolute Gasteiger partial charge is 0.132 e. The fourth-order valence-electron chi connectivity index (χ4n) is 2.14. The maximum absolute atomic E-state index is 5.70. The molecule has 2 rings (SSSR count). The van der Waals surface area contributed by atoms with E-state index in [0.717, 1.165) is 41.9 Å². The Hall–Kier alpha value is -1.65. The third-order valence-corrected chi connectivity index (χ3v) is 3.13. The molecule has 114 valence electrons. The number of nitrogens with one attached hydrogen (secondary N) is 1. The van der Waals surface area contributed by atoms with Gasteiger partial charge in [-0.3, -0.25) is 0 Å². The Balaban J connectivity index is 2.01. The number of nitrogens with zero attached hydrogens (tertiary/aromatic N) is 1. The Morgan fingerprint density at radius 1 is 1.05 bits per heavy atom. The summed E-state index contributed by atoms with van der Waals surface area (Å²) in [5, 5.41) is 4.45. The third-order valence-electron chi connectivity index (χ3n) is 3.13. The molecule has 1 aromatic carbocycles. The van der Waals surface area contributed by atoms with E-state index >= 15 is 0 Å². The van der Waals surface area contributed by atoms with Crippen LogP contribution in [-0.2, 0) is 16.1 Å². The van der Waals surface area contributed by atoms with Crippen molar-refractivity contribution in [2.75, 3.05) is 31.7 Å². The quantitative estimate of drug-likeness (QED) is 0.716. The van der Waals surface area contributed by atoms with Crippen LogP contribution < -0.4 is 5.32 Å². The van der Waals surface area contributed by atoms with Gasteiger partial charge in [0.1, 0.15) is 5.82 Å². The van der Waals surface area contributed by atoms with Crippen molar-refractivity contribution in [1.82, 2.24) is 4.98 Å². The Morgan fingerprint density at radius 2 is 1.86 bits per heavy atom. The molecule has 0 aliphatic heterocycles. The SMILES string of the molecule is CCCOCCOCc1cc2ccccc2nc1NCC. The molecule has 1 heterocycles. The zero-order valence-electron chi connectivity index (χ0n) is 12.9. The number of ether oxygens (including phenoxy) is 2. The molecule has 4 nitrogen and oxygen atoms in total. The van der Waals surface area contributed by atoms with Crippen LogP contribution >= 0.6 is 0 Å². The molecule has 1 aromatic heterocycles. The second-order valence-corrected chi connectivity index (χ2v) is 4.88. The van der Waals surface area contributed by atoms with E-state index in [4.69, 9.17) is 9.47 Å². The Kier molecular flexibility index (Phi) is 6.44. The minimum Gasteiger partial charge on any atom is -0.379 e. The number of para-hydroxylation sites is 1. The summed E-state index contributed by atoms with van der Waals surface area (Å²) in [6, 6.07) is 10.3. The highest BCUT2D eigenvalue weighted by Crippen LogP contribution is 2.21. The maximum Gasteiger partial charge on any atom is 0.132 e. The fraction of sp³-hybridized carbons (Fsp3) is 0.471. The zero-order chi connectivity index (χ0) is 14.9. The number of benzene rings is 1. The Labute approximate surface area is 126 Å². The number of hydrogen-bond donors (Lipinski definition) is 1. The van der Waals surface area contributed by atoms with E-state index < -0.39 is 0 Å². The van der Waals surface area contributed by atoms with Gasteiger partial charge in [-0.15, -0.1) is 0 Å². The van der Waals surface area contributed by atoms with E-state index in [-0.39, 0.29) is 0 Å². The molecular weight excluding hydrogens is 264 g/mol. The highest BCUT2D eigenvalue weighted by Gasteiger charge is 2.06. The maximum atomic E-state index is 5.70. The standard InChI is InChI=1S/C17H24N2O2/c1-3-9-20-10-11-21-13-15-12-14-7-5-6-8-16(14)19-17(15)18-4-2/h5-8,12H,3-4,9-11,13H2,1-2H3,(H,18,19). The number of hydrogen-bond acceptors (Lipinski definition) is 4. The average molecular weight is 288 g/mol. The first-order valence-electron chi connectivity index (χ1n) is 7.63. The lowest BCUT2D eigenvalue weighted by atomic mass is 10.1. The minimum absolute atomic E-state index is 0.551. The summed E-state index contributed by atoms with van der Waals surface area (Å²) in [4.78, 5) is 4.67. The van der Waals surface area contributed by atoms with E-state index in [1.165, 1.54) is 0 Å². The largest absolute Gasteiger partial charge is 0.379 e. The molecular formula is C17H24N2O2. The van der Waals surface area contributed by atoms with Gasteiger partial charge in [-0.1, -0.05) is 25.1 Å². The normalized spacial score (nSPS) is 11.0. The van der Waals surface area contributed by atoms with Crippen molar-refractivity contribution >= 4 is 16.7 Å². The van der Waals surface area contributed by atoms with Gasteiger partial charge in [-0.05, 0) is 25.5 Å². The molecule has 4 heteroatoms. The zero-order valence-corrected chi connectivity index (χ0v) is 12.9. The van der Waals surface area contributed by atoms with Gasteiger partial charge in [0, 0.05) is 24.1 Å². The summed E-state index contributed by atoms with van der Waals surface area (Å²) in [7, 11) is 0. The molecule has 0 unspecified atom stereocenters. The first kappa shape index (κ1) is 15.7. The predicted octanol–water partition coefficient (Wildman–Crippen LogP) is 3.61. The average Bonchev–Trinajstić information content (AvgIpc) is 2.51. The van der Waals surface area contributed by atoms with E-state index in [1.54, 1.807) is 0 Å². The van der Waals surface area contributed by atoms with Crippen LogP contribution in [0.4, 0.5) is 5.82 Å². The van der Waals surface area contributed by atoms with Crippen LogP contribution in [0.15, 0.2) is 30.3 Å². The highest BCUT2D eigenvalue weighted by molar-refractivity contribution is 5.81. The lowest BCUT2D eigenvalue weighted by Crippen LogP contribution is -2.08. The topological polar surface area (TPSA) is 43.4 Å². The number of pyridine rings is 1. The summed E-state index contributed by atoms with van der Waals surface area (Å²) in [5.41, 5.74) is 2.09. The Bertz CT molecular complexity index is 557. The second kappa shape index (κ2) is 8.60. The lowest BCUT2D eigenvalue weighted by Gasteiger charge is -2.12. The van der Waals surface area contributed by atoms with E-state index in [9.17, 15) is 0 Å². The predicted molar refractivity (Wildman–Crippen MR) is 86.7 cm³/mol. The van der Waals surface area contributed by atoms with Crippen molar-refractivity contribution in [2.45, 2.75) is 26.9 Å². The molecule has 0 aliphatic carbocycles. The molecule has 1 N–H and O–H groups in total. The minimum atomic E-state index is 0.551. The number of aromatic nitrogens is 1. The monoisotopic (exact) mass is 288 g/mol. The molecule has 0 saturated heterocycles. The molecule has 0 amide bonds. The van der Waals surface area contributed by atoms with Gasteiger partial charge in [0.05, 0.1) is 25.3 Å². The van der Waals surface area contributed by atoms with Crippen molar-refractivity contribution in [2.24, 2.45) is 0 Å². The lowest BCUT2D eigenvalue weighted by molar-refractivity contribution is 0.0410. The van der Waals surface area contributed by atoms with Crippen molar-refractivity contribution < 1.29 is 9.47 Å².